The average Bonchev–Trinajstić information content (AvgIpc) is 2.41. The van der Waals surface area contributed by atoms with Crippen LogP contribution in [0.4, 0.5) is 23.7 Å². The summed E-state index contributed by atoms with van der Waals surface area (Å²) in [7, 11) is 0. The number of urea groups is 1. The van der Waals surface area contributed by atoms with E-state index in [0.29, 0.717) is 11.8 Å². The zero-order valence-electron chi connectivity index (χ0n) is 14.5. The van der Waals surface area contributed by atoms with E-state index in [1.54, 1.807) is 39.8 Å². The summed E-state index contributed by atoms with van der Waals surface area (Å²) >= 11 is 0.576. The highest BCUT2D eigenvalue weighted by Crippen LogP contribution is 2.33. The molecule has 1 aromatic carbocycles. The Morgan fingerprint density at radius 1 is 1.24 bits per heavy atom. The number of nitrogens with one attached hydrogen (secondary N) is 2. The van der Waals surface area contributed by atoms with Crippen molar-refractivity contribution in [3.05, 3.63) is 23.8 Å². The Hall–Kier alpha value is -1.90. The quantitative estimate of drug-likeness (QED) is 0.685. The highest BCUT2D eigenvalue weighted by atomic mass is 32.2. The third kappa shape index (κ3) is 7.25. The Morgan fingerprint density at radius 3 is 2.32 bits per heavy atom. The summed E-state index contributed by atoms with van der Waals surface area (Å²) < 4.78 is 37.3. The van der Waals surface area contributed by atoms with Crippen molar-refractivity contribution in [2.24, 2.45) is 11.1 Å². The maximum atomic E-state index is 12.4. The molecule has 0 aliphatic heterocycles. The molecule has 0 radical (unpaired) electrons. The number of thioether (sulfide) groups is 1. The van der Waals surface area contributed by atoms with E-state index in [-0.39, 0.29) is 10.6 Å². The van der Waals surface area contributed by atoms with Gasteiger partial charge in [-0.05, 0) is 30.0 Å². The zero-order valence-corrected chi connectivity index (χ0v) is 15.3. The first-order valence-electron chi connectivity index (χ1n) is 7.46. The van der Waals surface area contributed by atoms with Gasteiger partial charge in [0, 0.05) is 4.90 Å². The van der Waals surface area contributed by atoms with Crippen molar-refractivity contribution in [3.8, 4) is 0 Å². The standard InChI is InChI=1S/C16H22F3N3O2S/c1-9-5-6-11(25-8-16(17,18)19)10(7-9)21-14(24)22-12(13(20)23)15(2,3)4/h5-7,12H,8H2,1-4H3,(H2,20,23)(H2,21,22,24)/t12-/m0/s1. The molecule has 9 heteroatoms. The Labute approximate surface area is 148 Å². The third-order valence-corrected chi connectivity index (χ3v) is 4.34. The van der Waals surface area contributed by atoms with Crippen LogP contribution in [0.5, 0.6) is 0 Å². The molecule has 0 unspecified atom stereocenters. The van der Waals surface area contributed by atoms with E-state index in [1.807, 2.05) is 0 Å². The number of carbonyl (C=O) groups is 2. The number of benzene rings is 1. The maximum Gasteiger partial charge on any atom is 0.398 e. The lowest BCUT2D eigenvalue weighted by Crippen LogP contribution is -2.53. The van der Waals surface area contributed by atoms with Gasteiger partial charge in [-0.3, -0.25) is 4.79 Å². The maximum absolute atomic E-state index is 12.4. The molecule has 0 heterocycles. The van der Waals surface area contributed by atoms with Crippen LogP contribution in [-0.2, 0) is 4.79 Å². The number of anilines is 1. The van der Waals surface area contributed by atoms with Gasteiger partial charge in [0.1, 0.15) is 6.04 Å². The van der Waals surface area contributed by atoms with Crippen molar-refractivity contribution in [1.82, 2.24) is 5.32 Å². The number of aryl methyl sites for hydroxylation is 1. The second kappa shape index (κ2) is 7.99. The van der Waals surface area contributed by atoms with Gasteiger partial charge in [-0.1, -0.05) is 26.8 Å². The largest absolute Gasteiger partial charge is 0.398 e. The molecule has 0 aliphatic carbocycles. The van der Waals surface area contributed by atoms with Gasteiger partial charge in [0.2, 0.25) is 5.91 Å². The average molecular weight is 377 g/mol. The number of halogens is 3. The van der Waals surface area contributed by atoms with Crippen LogP contribution in [0, 0.1) is 12.3 Å². The number of primary amides is 1. The van der Waals surface area contributed by atoms with Crippen LogP contribution in [0.2, 0.25) is 0 Å². The second-order valence-corrected chi connectivity index (χ2v) is 7.72. The lowest BCUT2D eigenvalue weighted by atomic mass is 9.86. The molecule has 4 N–H and O–H groups in total. The normalized spacial score (nSPS) is 13.2. The van der Waals surface area contributed by atoms with Crippen LogP contribution in [0.25, 0.3) is 0 Å². The fourth-order valence-corrected chi connectivity index (χ4v) is 2.78. The molecule has 25 heavy (non-hydrogen) atoms. The van der Waals surface area contributed by atoms with Gasteiger partial charge in [-0.25, -0.2) is 4.79 Å². The highest BCUT2D eigenvalue weighted by molar-refractivity contribution is 7.99. The summed E-state index contributed by atoms with van der Waals surface area (Å²) in [5.41, 5.74) is 5.71. The van der Waals surface area contributed by atoms with Gasteiger partial charge in [-0.15, -0.1) is 11.8 Å². The monoisotopic (exact) mass is 377 g/mol. The van der Waals surface area contributed by atoms with Crippen LogP contribution < -0.4 is 16.4 Å². The van der Waals surface area contributed by atoms with Crippen LogP contribution in [-0.4, -0.2) is 29.9 Å². The Kier molecular flexibility index (Phi) is 6.75. The molecule has 0 saturated carbocycles. The molecule has 5 nitrogen and oxygen atoms in total. The van der Waals surface area contributed by atoms with Gasteiger partial charge in [0.15, 0.2) is 0 Å². The van der Waals surface area contributed by atoms with Crippen molar-refractivity contribution in [3.63, 3.8) is 0 Å². The minimum Gasteiger partial charge on any atom is -0.368 e. The van der Waals surface area contributed by atoms with Crippen molar-refractivity contribution >= 4 is 29.4 Å². The molecular formula is C16H22F3N3O2S. The molecule has 0 bridgehead atoms. The number of hydrogen-bond donors (Lipinski definition) is 3. The van der Waals surface area contributed by atoms with Gasteiger partial charge >= 0.3 is 12.2 Å². The van der Waals surface area contributed by atoms with Crippen molar-refractivity contribution in [1.29, 1.82) is 0 Å². The lowest BCUT2D eigenvalue weighted by Gasteiger charge is -2.28. The minimum atomic E-state index is -4.32. The fourth-order valence-electron chi connectivity index (χ4n) is 2.03. The van der Waals surface area contributed by atoms with Crippen molar-refractivity contribution < 1.29 is 22.8 Å². The summed E-state index contributed by atoms with van der Waals surface area (Å²) in [6.45, 7) is 6.96. The number of amides is 3. The second-order valence-electron chi connectivity index (χ2n) is 6.70. The first-order valence-corrected chi connectivity index (χ1v) is 8.45. The molecular weight excluding hydrogens is 355 g/mol. The van der Waals surface area contributed by atoms with Crippen LogP contribution in [0.15, 0.2) is 23.1 Å². The van der Waals surface area contributed by atoms with Crippen molar-refractivity contribution in [2.45, 2.75) is 44.8 Å². The molecule has 3 amide bonds. The predicted molar refractivity (Wildman–Crippen MR) is 92.5 cm³/mol. The zero-order chi connectivity index (χ0) is 19.4. The van der Waals surface area contributed by atoms with Gasteiger partial charge in [0.05, 0.1) is 11.4 Å². The van der Waals surface area contributed by atoms with E-state index in [1.165, 1.54) is 6.07 Å². The number of rotatable bonds is 5. The van der Waals surface area contributed by atoms with E-state index in [0.717, 1.165) is 5.56 Å². The van der Waals surface area contributed by atoms with E-state index >= 15 is 0 Å². The lowest BCUT2D eigenvalue weighted by molar-refractivity contribution is -0.122. The molecule has 0 spiro atoms. The number of carbonyl (C=O) groups excluding carboxylic acids is 2. The minimum absolute atomic E-state index is 0.240. The molecule has 0 aliphatic rings. The molecule has 0 saturated heterocycles. The van der Waals surface area contributed by atoms with E-state index in [4.69, 9.17) is 5.73 Å². The Balaban J connectivity index is 2.92. The summed E-state index contributed by atoms with van der Waals surface area (Å²) in [6.07, 6.45) is -4.32. The Bertz CT molecular complexity index is 642. The first-order chi connectivity index (χ1) is 11.3. The van der Waals surface area contributed by atoms with Gasteiger partial charge < -0.3 is 16.4 Å². The third-order valence-electron chi connectivity index (χ3n) is 3.20. The van der Waals surface area contributed by atoms with Gasteiger partial charge in [-0.2, -0.15) is 13.2 Å². The Morgan fingerprint density at radius 2 is 1.84 bits per heavy atom. The predicted octanol–water partition coefficient (Wildman–Crippen LogP) is 3.67. The van der Waals surface area contributed by atoms with E-state index < -0.39 is 35.3 Å². The summed E-state index contributed by atoms with van der Waals surface area (Å²) in [5, 5.41) is 4.97. The first kappa shape index (κ1) is 21.1. The molecule has 1 rings (SSSR count). The SMILES string of the molecule is Cc1ccc(SCC(F)(F)F)c(NC(=O)N[C@@H](C(N)=O)C(C)(C)C)c1. The van der Waals surface area contributed by atoms with Crippen LogP contribution >= 0.6 is 11.8 Å². The smallest absolute Gasteiger partial charge is 0.368 e. The summed E-state index contributed by atoms with van der Waals surface area (Å²) in [4.78, 5) is 24.0. The molecule has 1 aromatic rings. The molecule has 140 valence electrons. The highest BCUT2D eigenvalue weighted by Gasteiger charge is 2.31. The summed E-state index contributed by atoms with van der Waals surface area (Å²) in [5.74, 6) is -1.77. The number of nitrogens with two attached hydrogens (primary N) is 1. The molecule has 1 atom stereocenters. The number of hydrogen-bond acceptors (Lipinski definition) is 3. The van der Waals surface area contributed by atoms with E-state index in [9.17, 15) is 22.8 Å². The number of alkyl halides is 3. The molecule has 0 fully saturated rings. The fraction of sp³-hybridized carbons (Fsp3) is 0.500. The topological polar surface area (TPSA) is 84.2 Å². The van der Waals surface area contributed by atoms with Crippen molar-refractivity contribution in [2.75, 3.05) is 11.1 Å². The van der Waals surface area contributed by atoms with Crippen LogP contribution in [0.1, 0.15) is 26.3 Å². The van der Waals surface area contributed by atoms with Crippen LogP contribution in [0.3, 0.4) is 0 Å². The summed E-state index contributed by atoms with van der Waals surface area (Å²) in [6, 6.07) is 3.09. The van der Waals surface area contributed by atoms with E-state index in [2.05, 4.69) is 10.6 Å². The molecule has 0 aromatic heterocycles. The van der Waals surface area contributed by atoms with Gasteiger partial charge in [0.25, 0.3) is 0 Å².